The maximum atomic E-state index is 12.4. The average molecular weight is 251 g/mol. The maximum Gasteiger partial charge on any atom is 0.274 e. The number of amides is 2. The van der Waals surface area contributed by atoms with Gasteiger partial charge in [0, 0.05) is 20.1 Å². The van der Waals surface area contributed by atoms with Gasteiger partial charge < -0.3 is 10.2 Å². The third kappa shape index (κ3) is 2.20. The molecular weight excluding hydrogens is 234 g/mol. The molecular formula is C11H17N5O2. The molecule has 1 aliphatic rings. The summed E-state index contributed by atoms with van der Waals surface area (Å²) in [4.78, 5) is 25.9. The van der Waals surface area contributed by atoms with Gasteiger partial charge in [-0.1, -0.05) is 12.1 Å². The van der Waals surface area contributed by atoms with Crippen LogP contribution in [0, 0.1) is 0 Å². The SMILES string of the molecule is CC[C@H]1C(=O)NCCCN1C(=O)c1cnnn1C. The molecule has 2 rings (SSSR count). The van der Waals surface area contributed by atoms with Crippen LogP contribution in [0.4, 0.5) is 0 Å². The van der Waals surface area contributed by atoms with Crippen LogP contribution in [0.25, 0.3) is 0 Å². The molecule has 1 fully saturated rings. The lowest BCUT2D eigenvalue weighted by Crippen LogP contribution is -2.47. The topological polar surface area (TPSA) is 80.1 Å². The number of rotatable bonds is 2. The number of aryl methyl sites for hydroxylation is 1. The van der Waals surface area contributed by atoms with Gasteiger partial charge >= 0.3 is 0 Å². The van der Waals surface area contributed by atoms with E-state index in [9.17, 15) is 9.59 Å². The molecule has 0 bridgehead atoms. The highest BCUT2D eigenvalue weighted by atomic mass is 16.2. The number of carbonyl (C=O) groups excluding carboxylic acids is 2. The predicted octanol–water partition coefficient (Wildman–Crippen LogP) is -0.444. The zero-order chi connectivity index (χ0) is 13.1. The average Bonchev–Trinajstić information content (AvgIpc) is 2.68. The molecule has 0 radical (unpaired) electrons. The molecule has 98 valence electrons. The number of hydrogen-bond acceptors (Lipinski definition) is 4. The van der Waals surface area contributed by atoms with E-state index >= 15 is 0 Å². The van der Waals surface area contributed by atoms with E-state index in [1.807, 2.05) is 6.92 Å². The van der Waals surface area contributed by atoms with Crippen molar-refractivity contribution >= 4 is 11.8 Å². The highest BCUT2D eigenvalue weighted by Crippen LogP contribution is 2.13. The Morgan fingerprint density at radius 2 is 2.39 bits per heavy atom. The Hall–Kier alpha value is -1.92. The van der Waals surface area contributed by atoms with Gasteiger partial charge in [-0.15, -0.1) is 5.10 Å². The summed E-state index contributed by atoms with van der Waals surface area (Å²) in [6.45, 7) is 3.08. The van der Waals surface area contributed by atoms with Gasteiger partial charge in [-0.3, -0.25) is 9.59 Å². The van der Waals surface area contributed by atoms with Crippen molar-refractivity contribution in [1.29, 1.82) is 0 Å². The summed E-state index contributed by atoms with van der Waals surface area (Å²) in [5, 5.41) is 10.3. The lowest BCUT2D eigenvalue weighted by Gasteiger charge is -2.27. The fourth-order valence-corrected chi connectivity index (χ4v) is 2.16. The zero-order valence-corrected chi connectivity index (χ0v) is 10.6. The predicted molar refractivity (Wildman–Crippen MR) is 63.7 cm³/mol. The van der Waals surface area contributed by atoms with Crippen molar-refractivity contribution in [2.75, 3.05) is 13.1 Å². The lowest BCUT2D eigenvalue weighted by atomic mass is 10.1. The Bertz CT molecular complexity index is 456. The van der Waals surface area contributed by atoms with Crippen molar-refractivity contribution in [1.82, 2.24) is 25.2 Å². The van der Waals surface area contributed by atoms with Gasteiger partial charge in [0.1, 0.15) is 11.7 Å². The fraction of sp³-hybridized carbons (Fsp3) is 0.636. The van der Waals surface area contributed by atoms with E-state index in [1.165, 1.54) is 10.9 Å². The molecule has 0 saturated carbocycles. The molecule has 2 amide bonds. The Morgan fingerprint density at radius 1 is 1.61 bits per heavy atom. The molecule has 1 saturated heterocycles. The standard InChI is InChI=1S/C11H17N5O2/c1-3-8-10(17)12-5-4-6-16(8)11(18)9-7-13-14-15(9)2/h7-8H,3-6H2,1-2H3,(H,12,17)/t8-/m0/s1. The van der Waals surface area contributed by atoms with Gasteiger partial charge in [0.25, 0.3) is 5.91 Å². The summed E-state index contributed by atoms with van der Waals surface area (Å²) < 4.78 is 1.43. The molecule has 0 unspecified atom stereocenters. The lowest BCUT2D eigenvalue weighted by molar-refractivity contribution is -0.124. The molecule has 1 aliphatic heterocycles. The molecule has 1 aromatic rings. The Morgan fingerprint density at radius 3 is 3.00 bits per heavy atom. The Labute approximate surface area is 105 Å². The van der Waals surface area contributed by atoms with Crippen LogP contribution in [0.3, 0.4) is 0 Å². The number of carbonyl (C=O) groups is 2. The summed E-state index contributed by atoms with van der Waals surface area (Å²) in [5.74, 6) is -0.273. The van der Waals surface area contributed by atoms with Crippen LogP contribution < -0.4 is 5.32 Å². The Balaban J connectivity index is 2.26. The van der Waals surface area contributed by atoms with Crippen LogP contribution in [0.5, 0.6) is 0 Å². The molecule has 7 nitrogen and oxygen atoms in total. The number of hydrogen-bond donors (Lipinski definition) is 1. The minimum atomic E-state index is -0.408. The van der Waals surface area contributed by atoms with Crippen molar-refractivity contribution in [3.8, 4) is 0 Å². The van der Waals surface area contributed by atoms with E-state index in [4.69, 9.17) is 0 Å². The summed E-state index contributed by atoms with van der Waals surface area (Å²) in [7, 11) is 1.67. The highest BCUT2D eigenvalue weighted by Gasteiger charge is 2.31. The van der Waals surface area contributed by atoms with E-state index in [2.05, 4.69) is 15.6 Å². The van der Waals surface area contributed by atoms with E-state index in [-0.39, 0.29) is 11.8 Å². The van der Waals surface area contributed by atoms with Gasteiger partial charge in [-0.25, -0.2) is 4.68 Å². The zero-order valence-electron chi connectivity index (χ0n) is 10.6. The van der Waals surface area contributed by atoms with E-state index in [1.54, 1.807) is 11.9 Å². The Kier molecular flexibility index (Phi) is 3.59. The molecule has 7 heteroatoms. The molecule has 1 N–H and O–H groups in total. The van der Waals surface area contributed by atoms with E-state index in [0.717, 1.165) is 6.42 Å². The molecule has 0 spiro atoms. The normalized spacial score (nSPS) is 20.4. The number of nitrogens with one attached hydrogen (secondary N) is 1. The van der Waals surface area contributed by atoms with Crippen LogP contribution in [0.1, 0.15) is 30.3 Å². The van der Waals surface area contributed by atoms with E-state index < -0.39 is 6.04 Å². The van der Waals surface area contributed by atoms with Crippen molar-refractivity contribution in [2.45, 2.75) is 25.8 Å². The fourth-order valence-electron chi connectivity index (χ4n) is 2.16. The summed E-state index contributed by atoms with van der Waals surface area (Å²) >= 11 is 0. The molecule has 2 heterocycles. The smallest absolute Gasteiger partial charge is 0.274 e. The van der Waals surface area contributed by atoms with Gasteiger partial charge in [-0.2, -0.15) is 0 Å². The van der Waals surface area contributed by atoms with Gasteiger partial charge in [-0.05, 0) is 12.8 Å². The second-order valence-corrected chi connectivity index (χ2v) is 4.31. The summed E-state index contributed by atoms with van der Waals surface area (Å²) in [6, 6.07) is -0.408. The second kappa shape index (κ2) is 5.16. The molecule has 1 aromatic heterocycles. The molecule has 1 atom stereocenters. The van der Waals surface area contributed by atoms with Crippen LogP contribution in [-0.4, -0.2) is 50.8 Å². The first-order valence-corrected chi connectivity index (χ1v) is 6.08. The van der Waals surface area contributed by atoms with Gasteiger partial charge in [0.05, 0.1) is 6.20 Å². The van der Waals surface area contributed by atoms with Crippen molar-refractivity contribution in [3.63, 3.8) is 0 Å². The highest BCUT2D eigenvalue weighted by molar-refractivity contribution is 5.96. The van der Waals surface area contributed by atoms with Crippen molar-refractivity contribution in [3.05, 3.63) is 11.9 Å². The largest absolute Gasteiger partial charge is 0.354 e. The van der Waals surface area contributed by atoms with Crippen molar-refractivity contribution in [2.24, 2.45) is 7.05 Å². The van der Waals surface area contributed by atoms with Gasteiger partial charge in [0.2, 0.25) is 5.91 Å². The first-order chi connectivity index (χ1) is 8.65. The van der Waals surface area contributed by atoms with Crippen LogP contribution in [0.2, 0.25) is 0 Å². The molecule has 0 aromatic carbocycles. The minimum absolute atomic E-state index is 0.0847. The first-order valence-electron chi connectivity index (χ1n) is 6.08. The monoisotopic (exact) mass is 251 g/mol. The summed E-state index contributed by atoms with van der Waals surface area (Å²) in [6.07, 6.45) is 2.79. The second-order valence-electron chi connectivity index (χ2n) is 4.31. The molecule has 0 aliphatic carbocycles. The van der Waals surface area contributed by atoms with Crippen LogP contribution >= 0.6 is 0 Å². The maximum absolute atomic E-state index is 12.4. The number of aromatic nitrogens is 3. The number of nitrogens with zero attached hydrogens (tertiary/aromatic N) is 4. The summed E-state index contributed by atoms with van der Waals surface area (Å²) in [5.41, 5.74) is 0.406. The third-order valence-corrected chi connectivity index (χ3v) is 3.14. The van der Waals surface area contributed by atoms with Crippen LogP contribution in [-0.2, 0) is 11.8 Å². The molecule has 18 heavy (non-hydrogen) atoms. The minimum Gasteiger partial charge on any atom is -0.354 e. The third-order valence-electron chi connectivity index (χ3n) is 3.14. The first kappa shape index (κ1) is 12.5. The van der Waals surface area contributed by atoms with E-state index in [0.29, 0.717) is 25.2 Å². The van der Waals surface area contributed by atoms with Crippen LogP contribution in [0.15, 0.2) is 6.20 Å². The quantitative estimate of drug-likeness (QED) is 0.772. The van der Waals surface area contributed by atoms with Crippen molar-refractivity contribution < 1.29 is 9.59 Å². The van der Waals surface area contributed by atoms with Gasteiger partial charge in [0.15, 0.2) is 0 Å².